The standard InChI is InChI=1S/C14H30N2O/c1-8-12(17)16(9-2)11(13(3,4)5)10-14(6,7)15/h11H,8-10,15H2,1-7H3. The highest BCUT2D eigenvalue weighted by Gasteiger charge is 2.35. The van der Waals surface area contributed by atoms with Crippen molar-refractivity contribution in [3.05, 3.63) is 0 Å². The van der Waals surface area contributed by atoms with Crippen LogP contribution in [0.5, 0.6) is 0 Å². The normalized spacial score (nSPS) is 14.6. The van der Waals surface area contributed by atoms with Gasteiger partial charge in [-0.2, -0.15) is 0 Å². The fraction of sp³-hybridized carbons (Fsp3) is 0.929. The van der Waals surface area contributed by atoms with Gasteiger partial charge in [-0.05, 0) is 32.6 Å². The van der Waals surface area contributed by atoms with Gasteiger partial charge in [0.15, 0.2) is 0 Å². The van der Waals surface area contributed by atoms with E-state index in [1.807, 2.05) is 32.6 Å². The van der Waals surface area contributed by atoms with E-state index in [0.717, 1.165) is 13.0 Å². The number of carbonyl (C=O) groups excluding carboxylic acids is 1. The summed E-state index contributed by atoms with van der Waals surface area (Å²) < 4.78 is 0. The van der Waals surface area contributed by atoms with Crippen LogP contribution in [0.2, 0.25) is 0 Å². The van der Waals surface area contributed by atoms with Gasteiger partial charge >= 0.3 is 0 Å². The van der Waals surface area contributed by atoms with Gasteiger partial charge in [0.05, 0.1) is 0 Å². The lowest BCUT2D eigenvalue weighted by molar-refractivity contribution is -0.135. The van der Waals surface area contributed by atoms with Crippen LogP contribution in [0, 0.1) is 5.41 Å². The van der Waals surface area contributed by atoms with Crippen LogP contribution in [-0.2, 0) is 4.79 Å². The maximum atomic E-state index is 12.0. The van der Waals surface area contributed by atoms with Crippen molar-refractivity contribution in [3.63, 3.8) is 0 Å². The molecule has 0 fully saturated rings. The van der Waals surface area contributed by atoms with Crippen molar-refractivity contribution in [2.45, 2.75) is 72.9 Å². The Labute approximate surface area is 107 Å². The van der Waals surface area contributed by atoms with Crippen LogP contribution in [0.25, 0.3) is 0 Å². The first-order chi connectivity index (χ1) is 7.53. The molecule has 3 heteroatoms. The predicted molar refractivity (Wildman–Crippen MR) is 73.8 cm³/mol. The van der Waals surface area contributed by atoms with Crippen molar-refractivity contribution in [2.24, 2.45) is 11.1 Å². The number of nitrogens with zero attached hydrogens (tertiary/aromatic N) is 1. The second kappa shape index (κ2) is 5.85. The molecule has 0 spiro atoms. The summed E-state index contributed by atoms with van der Waals surface area (Å²) in [5.41, 5.74) is 5.93. The average Bonchev–Trinajstić information content (AvgIpc) is 2.13. The molecular formula is C14H30N2O. The summed E-state index contributed by atoms with van der Waals surface area (Å²) in [6, 6.07) is 0.194. The van der Waals surface area contributed by atoms with Crippen LogP contribution in [0.4, 0.5) is 0 Å². The summed E-state index contributed by atoms with van der Waals surface area (Å²) >= 11 is 0. The van der Waals surface area contributed by atoms with Crippen molar-refractivity contribution in [1.29, 1.82) is 0 Å². The van der Waals surface area contributed by atoms with Crippen LogP contribution in [-0.4, -0.2) is 28.9 Å². The Bertz CT molecular complexity index is 248. The van der Waals surface area contributed by atoms with Crippen molar-refractivity contribution >= 4 is 5.91 Å². The van der Waals surface area contributed by atoms with E-state index < -0.39 is 0 Å². The van der Waals surface area contributed by atoms with Gasteiger partial charge in [0.1, 0.15) is 0 Å². The zero-order chi connectivity index (χ0) is 13.9. The zero-order valence-electron chi connectivity index (χ0n) is 12.6. The Morgan fingerprint density at radius 3 is 1.88 bits per heavy atom. The lowest BCUT2D eigenvalue weighted by Gasteiger charge is -2.43. The quantitative estimate of drug-likeness (QED) is 0.806. The van der Waals surface area contributed by atoms with Gasteiger partial charge < -0.3 is 10.6 Å². The molecule has 0 saturated heterocycles. The summed E-state index contributed by atoms with van der Waals surface area (Å²) in [6.07, 6.45) is 1.39. The van der Waals surface area contributed by atoms with Crippen LogP contribution < -0.4 is 5.73 Å². The highest BCUT2D eigenvalue weighted by atomic mass is 16.2. The van der Waals surface area contributed by atoms with Crippen molar-refractivity contribution in [3.8, 4) is 0 Å². The summed E-state index contributed by atoms with van der Waals surface area (Å²) in [4.78, 5) is 14.0. The minimum Gasteiger partial charge on any atom is -0.339 e. The third kappa shape index (κ3) is 5.53. The smallest absolute Gasteiger partial charge is 0.222 e. The van der Waals surface area contributed by atoms with E-state index >= 15 is 0 Å². The van der Waals surface area contributed by atoms with Gasteiger partial charge in [-0.3, -0.25) is 4.79 Å². The minimum atomic E-state index is -0.251. The van der Waals surface area contributed by atoms with Crippen LogP contribution in [0.15, 0.2) is 0 Å². The zero-order valence-corrected chi connectivity index (χ0v) is 12.6. The molecule has 102 valence electrons. The lowest BCUT2D eigenvalue weighted by Crippen LogP contribution is -2.52. The fourth-order valence-corrected chi connectivity index (χ4v) is 2.16. The molecule has 0 radical (unpaired) electrons. The SMILES string of the molecule is CCC(=O)N(CC)C(CC(C)(C)N)C(C)(C)C. The van der Waals surface area contributed by atoms with E-state index in [9.17, 15) is 4.79 Å². The van der Waals surface area contributed by atoms with Gasteiger partial charge in [0, 0.05) is 24.5 Å². The Kier molecular flexibility index (Phi) is 5.66. The van der Waals surface area contributed by atoms with Gasteiger partial charge in [0.25, 0.3) is 0 Å². The molecule has 0 aliphatic rings. The molecule has 17 heavy (non-hydrogen) atoms. The second-order valence-corrected chi connectivity index (χ2v) is 6.61. The van der Waals surface area contributed by atoms with E-state index in [0.29, 0.717) is 6.42 Å². The molecule has 0 saturated carbocycles. The number of hydrogen-bond acceptors (Lipinski definition) is 2. The third-order valence-electron chi connectivity index (χ3n) is 3.06. The molecule has 2 N–H and O–H groups in total. The summed E-state index contributed by atoms with van der Waals surface area (Å²) in [7, 11) is 0. The number of nitrogens with two attached hydrogens (primary N) is 1. The maximum Gasteiger partial charge on any atom is 0.222 e. The molecule has 0 aromatic heterocycles. The molecule has 3 nitrogen and oxygen atoms in total. The van der Waals surface area contributed by atoms with Gasteiger partial charge in [-0.1, -0.05) is 27.7 Å². The molecule has 1 amide bonds. The Hall–Kier alpha value is -0.570. The predicted octanol–water partition coefficient (Wildman–Crippen LogP) is 2.79. The number of rotatable bonds is 5. The topological polar surface area (TPSA) is 46.3 Å². The highest BCUT2D eigenvalue weighted by molar-refractivity contribution is 5.76. The van der Waals surface area contributed by atoms with Crippen molar-refractivity contribution in [1.82, 2.24) is 4.90 Å². The maximum absolute atomic E-state index is 12.0. The molecule has 0 heterocycles. The molecule has 1 atom stereocenters. The Morgan fingerprint density at radius 1 is 1.18 bits per heavy atom. The summed E-state index contributed by atoms with van der Waals surface area (Å²) in [5, 5.41) is 0. The van der Waals surface area contributed by atoms with E-state index in [4.69, 9.17) is 5.73 Å². The second-order valence-electron chi connectivity index (χ2n) is 6.61. The molecule has 0 aromatic carbocycles. The first-order valence-corrected chi connectivity index (χ1v) is 6.61. The van der Waals surface area contributed by atoms with E-state index in [-0.39, 0.29) is 22.9 Å². The van der Waals surface area contributed by atoms with E-state index in [2.05, 4.69) is 20.8 Å². The van der Waals surface area contributed by atoms with Gasteiger partial charge in [-0.25, -0.2) is 0 Å². The third-order valence-corrected chi connectivity index (χ3v) is 3.06. The van der Waals surface area contributed by atoms with Gasteiger partial charge in [0.2, 0.25) is 5.91 Å². The van der Waals surface area contributed by atoms with Gasteiger partial charge in [-0.15, -0.1) is 0 Å². The Morgan fingerprint density at radius 2 is 1.65 bits per heavy atom. The first kappa shape index (κ1) is 16.4. The minimum absolute atomic E-state index is 0.0531. The molecule has 1 unspecified atom stereocenters. The average molecular weight is 242 g/mol. The summed E-state index contributed by atoms with van der Waals surface area (Å²) in [6.45, 7) is 15.3. The van der Waals surface area contributed by atoms with Crippen molar-refractivity contribution in [2.75, 3.05) is 6.54 Å². The molecular weight excluding hydrogens is 212 g/mol. The number of carbonyl (C=O) groups is 1. The monoisotopic (exact) mass is 242 g/mol. The fourth-order valence-electron chi connectivity index (χ4n) is 2.16. The molecule has 0 rings (SSSR count). The van der Waals surface area contributed by atoms with E-state index in [1.54, 1.807) is 0 Å². The summed E-state index contributed by atoms with van der Waals surface area (Å²) in [5.74, 6) is 0.219. The van der Waals surface area contributed by atoms with Crippen LogP contribution in [0.1, 0.15) is 61.3 Å². The lowest BCUT2D eigenvalue weighted by atomic mass is 9.78. The Balaban J connectivity index is 5.09. The largest absolute Gasteiger partial charge is 0.339 e. The molecule has 0 bridgehead atoms. The highest BCUT2D eigenvalue weighted by Crippen LogP contribution is 2.30. The molecule has 0 aliphatic carbocycles. The van der Waals surface area contributed by atoms with Crippen LogP contribution >= 0.6 is 0 Å². The molecule has 0 aromatic rings. The number of hydrogen-bond donors (Lipinski definition) is 1. The number of amides is 1. The molecule has 0 aliphatic heterocycles. The van der Waals surface area contributed by atoms with Crippen molar-refractivity contribution < 1.29 is 4.79 Å². The van der Waals surface area contributed by atoms with Crippen LogP contribution in [0.3, 0.4) is 0 Å². The van der Waals surface area contributed by atoms with E-state index in [1.165, 1.54) is 0 Å². The first-order valence-electron chi connectivity index (χ1n) is 6.61.